The average molecular weight is 296 g/mol. The lowest BCUT2D eigenvalue weighted by Crippen LogP contribution is -2.34. The lowest BCUT2D eigenvalue weighted by molar-refractivity contribution is 0.141. The number of benzene rings is 1. The first-order chi connectivity index (χ1) is 9.36. The Balaban J connectivity index is 1.96. The summed E-state index contributed by atoms with van der Waals surface area (Å²) in [4.78, 5) is 11.1. The van der Waals surface area contributed by atoms with Crippen LogP contribution in [0.2, 0.25) is 0 Å². The lowest BCUT2D eigenvalue weighted by Gasteiger charge is -2.22. The van der Waals surface area contributed by atoms with E-state index in [0.29, 0.717) is 13.0 Å². The molecule has 0 bridgehead atoms. The SMILES string of the molecule is CC1Cc2cc(C3CNC(=O)O3)ccc2N1S(C)(=O)=O. The summed E-state index contributed by atoms with van der Waals surface area (Å²) in [6, 6.07) is 5.46. The molecule has 0 aromatic heterocycles. The number of fused-ring (bicyclic) bond motifs is 1. The van der Waals surface area contributed by atoms with Crippen LogP contribution in [0.1, 0.15) is 24.2 Å². The van der Waals surface area contributed by atoms with Crippen LogP contribution in [0.3, 0.4) is 0 Å². The molecule has 2 aliphatic rings. The van der Waals surface area contributed by atoms with Crippen molar-refractivity contribution in [1.82, 2.24) is 5.32 Å². The number of anilines is 1. The minimum Gasteiger partial charge on any atom is -0.439 e. The highest BCUT2D eigenvalue weighted by atomic mass is 32.2. The third-order valence-corrected chi connectivity index (χ3v) is 4.94. The Kier molecular flexibility index (Phi) is 2.89. The predicted molar refractivity (Wildman–Crippen MR) is 74.2 cm³/mol. The standard InChI is InChI=1S/C13H16N2O4S/c1-8-5-10-6-9(12-7-14-13(16)19-12)3-4-11(10)15(8)20(2,17)18/h3-4,6,8,12H,5,7H2,1-2H3,(H,14,16). The summed E-state index contributed by atoms with van der Waals surface area (Å²) in [6.45, 7) is 2.33. The summed E-state index contributed by atoms with van der Waals surface area (Å²) in [7, 11) is -3.27. The van der Waals surface area contributed by atoms with Gasteiger partial charge >= 0.3 is 6.09 Å². The second-order valence-corrected chi connectivity index (χ2v) is 7.13. The zero-order valence-corrected chi connectivity index (χ0v) is 12.1. The fourth-order valence-corrected chi connectivity index (χ4v) is 4.17. The number of cyclic esters (lactones) is 1. The Morgan fingerprint density at radius 1 is 1.40 bits per heavy atom. The fraction of sp³-hybridized carbons (Fsp3) is 0.462. The summed E-state index contributed by atoms with van der Waals surface area (Å²) in [5.74, 6) is 0. The van der Waals surface area contributed by atoms with Crippen molar-refractivity contribution in [2.24, 2.45) is 0 Å². The molecule has 2 atom stereocenters. The van der Waals surface area contributed by atoms with E-state index < -0.39 is 16.1 Å². The topological polar surface area (TPSA) is 75.7 Å². The van der Waals surface area contributed by atoms with Crippen LogP contribution in [0.4, 0.5) is 10.5 Å². The maximum atomic E-state index is 11.8. The highest BCUT2D eigenvalue weighted by Gasteiger charge is 2.33. The number of nitrogens with zero attached hydrogens (tertiary/aromatic N) is 1. The number of amides is 1. The summed E-state index contributed by atoms with van der Waals surface area (Å²) in [5, 5.41) is 2.61. The fourth-order valence-electron chi connectivity index (χ4n) is 2.90. The normalized spacial score (nSPS) is 25.3. The van der Waals surface area contributed by atoms with E-state index in [9.17, 15) is 13.2 Å². The molecule has 3 rings (SSSR count). The molecule has 1 aromatic rings. The molecular formula is C13H16N2O4S. The van der Waals surface area contributed by atoms with E-state index in [2.05, 4.69) is 5.32 Å². The average Bonchev–Trinajstić information content (AvgIpc) is 2.89. The van der Waals surface area contributed by atoms with Crippen LogP contribution in [0.5, 0.6) is 0 Å². The van der Waals surface area contributed by atoms with Crippen molar-refractivity contribution in [3.05, 3.63) is 29.3 Å². The lowest BCUT2D eigenvalue weighted by atomic mass is 10.0. The van der Waals surface area contributed by atoms with E-state index in [4.69, 9.17) is 4.74 Å². The Bertz CT molecular complexity index is 671. The Morgan fingerprint density at radius 3 is 2.75 bits per heavy atom. The van der Waals surface area contributed by atoms with Gasteiger partial charge in [-0.3, -0.25) is 4.31 Å². The van der Waals surface area contributed by atoms with E-state index in [1.54, 1.807) is 6.07 Å². The van der Waals surface area contributed by atoms with E-state index in [1.807, 2.05) is 19.1 Å². The molecule has 2 aliphatic heterocycles. The quantitative estimate of drug-likeness (QED) is 0.889. The summed E-state index contributed by atoms with van der Waals surface area (Å²) >= 11 is 0. The second-order valence-electron chi connectivity index (χ2n) is 5.27. The zero-order chi connectivity index (χ0) is 14.5. The third kappa shape index (κ3) is 2.11. The number of ether oxygens (including phenoxy) is 1. The van der Waals surface area contributed by atoms with Gasteiger partial charge in [-0.25, -0.2) is 13.2 Å². The van der Waals surface area contributed by atoms with E-state index in [0.717, 1.165) is 16.8 Å². The van der Waals surface area contributed by atoms with Crippen molar-refractivity contribution in [2.75, 3.05) is 17.1 Å². The minimum absolute atomic E-state index is 0.0838. The molecule has 1 aromatic carbocycles. The van der Waals surface area contributed by atoms with Crippen molar-refractivity contribution >= 4 is 21.8 Å². The number of carbonyl (C=O) groups is 1. The van der Waals surface area contributed by atoms with Crippen LogP contribution in [-0.4, -0.2) is 33.4 Å². The van der Waals surface area contributed by atoms with Crippen molar-refractivity contribution in [3.63, 3.8) is 0 Å². The Labute approximate surface area is 117 Å². The number of nitrogens with one attached hydrogen (secondary N) is 1. The monoisotopic (exact) mass is 296 g/mol. The van der Waals surface area contributed by atoms with Gasteiger partial charge in [-0.05, 0) is 36.6 Å². The van der Waals surface area contributed by atoms with Crippen molar-refractivity contribution in [1.29, 1.82) is 0 Å². The first kappa shape index (κ1) is 13.2. The molecular weight excluding hydrogens is 280 g/mol. The highest BCUT2D eigenvalue weighted by molar-refractivity contribution is 7.92. The van der Waals surface area contributed by atoms with Gasteiger partial charge in [-0.1, -0.05) is 6.07 Å². The van der Waals surface area contributed by atoms with Crippen LogP contribution in [0.25, 0.3) is 0 Å². The number of sulfonamides is 1. The van der Waals surface area contributed by atoms with Crippen LogP contribution >= 0.6 is 0 Å². The molecule has 1 amide bonds. The largest absolute Gasteiger partial charge is 0.439 e. The van der Waals surface area contributed by atoms with Crippen LogP contribution in [0.15, 0.2) is 18.2 Å². The van der Waals surface area contributed by atoms with Crippen molar-refractivity contribution in [2.45, 2.75) is 25.5 Å². The number of hydrogen-bond acceptors (Lipinski definition) is 4. The molecule has 2 unspecified atom stereocenters. The third-order valence-electron chi connectivity index (χ3n) is 3.67. The predicted octanol–water partition coefficient (Wildman–Crippen LogP) is 1.18. The molecule has 0 saturated carbocycles. The summed E-state index contributed by atoms with van der Waals surface area (Å²) < 4.78 is 30.3. The van der Waals surface area contributed by atoms with Crippen molar-refractivity contribution < 1.29 is 17.9 Å². The number of carbonyl (C=O) groups excluding carboxylic acids is 1. The van der Waals surface area contributed by atoms with E-state index in [-0.39, 0.29) is 12.1 Å². The van der Waals surface area contributed by atoms with E-state index >= 15 is 0 Å². The smallest absolute Gasteiger partial charge is 0.407 e. The van der Waals surface area contributed by atoms with Gasteiger partial charge < -0.3 is 10.1 Å². The van der Waals surface area contributed by atoms with Gasteiger partial charge in [0.15, 0.2) is 0 Å². The molecule has 108 valence electrons. The maximum Gasteiger partial charge on any atom is 0.407 e. The van der Waals surface area contributed by atoms with E-state index in [1.165, 1.54) is 10.6 Å². The van der Waals surface area contributed by atoms with Gasteiger partial charge in [-0.2, -0.15) is 0 Å². The highest BCUT2D eigenvalue weighted by Crippen LogP contribution is 2.36. The van der Waals surface area contributed by atoms with Gasteiger partial charge in [0.05, 0.1) is 18.5 Å². The molecule has 1 N–H and O–H groups in total. The van der Waals surface area contributed by atoms with Gasteiger partial charge in [0, 0.05) is 6.04 Å². The van der Waals surface area contributed by atoms with Crippen LogP contribution in [0, 0.1) is 0 Å². The molecule has 20 heavy (non-hydrogen) atoms. The summed E-state index contributed by atoms with van der Waals surface area (Å²) in [6.07, 6.45) is 1.18. The molecule has 1 saturated heterocycles. The van der Waals surface area contributed by atoms with Gasteiger partial charge in [0.25, 0.3) is 0 Å². The molecule has 0 radical (unpaired) electrons. The first-order valence-electron chi connectivity index (χ1n) is 6.43. The molecule has 6 nitrogen and oxygen atoms in total. The van der Waals surface area contributed by atoms with Crippen molar-refractivity contribution in [3.8, 4) is 0 Å². The van der Waals surface area contributed by atoms with Crippen LogP contribution < -0.4 is 9.62 Å². The van der Waals surface area contributed by atoms with Gasteiger partial charge in [0.1, 0.15) is 6.10 Å². The number of rotatable bonds is 2. The molecule has 1 fully saturated rings. The Morgan fingerprint density at radius 2 is 2.15 bits per heavy atom. The molecule has 2 heterocycles. The Hall–Kier alpha value is -1.76. The number of hydrogen-bond donors (Lipinski definition) is 1. The van der Waals surface area contributed by atoms with Gasteiger partial charge in [-0.15, -0.1) is 0 Å². The van der Waals surface area contributed by atoms with Crippen LogP contribution in [-0.2, 0) is 21.2 Å². The molecule has 7 heteroatoms. The summed E-state index contributed by atoms with van der Waals surface area (Å²) in [5.41, 5.74) is 2.59. The van der Waals surface area contributed by atoms with Gasteiger partial charge in [0.2, 0.25) is 10.0 Å². The minimum atomic E-state index is -3.27. The maximum absolute atomic E-state index is 11.8. The first-order valence-corrected chi connectivity index (χ1v) is 8.28. The zero-order valence-electron chi connectivity index (χ0n) is 11.3. The second kappa shape index (κ2) is 4.37. The molecule has 0 spiro atoms. The molecule has 0 aliphatic carbocycles. The number of alkyl carbamates (subject to hydrolysis) is 1.